The van der Waals surface area contributed by atoms with E-state index in [4.69, 9.17) is 5.73 Å². The van der Waals surface area contributed by atoms with Gasteiger partial charge in [0, 0.05) is 4.88 Å². The summed E-state index contributed by atoms with van der Waals surface area (Å²) in [4.78, 5) is 17.3. The van der Waals surface area contributed by atoms with Crippen LogP contribution in [-0.4, -0.2) is 21.2 Å². The Morgan fingerprint density at radius 3 is 3.00 bits per heavy atom. The van der Waals surface area contributed by atoms with E-state index in [1.165, 1.54) is 16.2 Å². The van der Waals surface area contributed by atoms with Gasteiger partial charge in [0.2, 0.25) is 11.5 Å². The number of carbonyl (C=O) groups is 1. The maximum atomic E-state index is 11.7. The molecule has 1 aliphatic rings. The molecule has 0 aliphatic heterocycles. The van der Waals surface area contributed by atoms with Crippen molar-refractivity contribution in [3.05, 3.63) is 16.3 Å². The van der Waals surface area contributed by atoms with Crippen molar-refractivity contribution in [2.75, 3.05) is 11.1 Å². The van der Waals surface area contributed by atoms with Crippen LogP contribution in [0.1, 0.15) is 27.5 Å². The van der Waals surface area contributed by atoms with Gasteiger partial charge in [0.05, 0.1) is 5.69 Å². The minimum absolute atomic E-state index is 0.0136. The van der Waals surface area contributed by atoms with Crippen LogP contribution in [0.15, 0.2) is 4.63 Å². The minimum Gasteiger partial charge on any atom is -0.379 e. The van der Waals surface area contributed by atoms with Crippen molar-refractivity contribution in [2.45, 2.75) is 19.3 Å². The average Bonchev–Trinajstić information content (AvgIpc) is 2.92. The van der Waals surface area contributed by atoms with Crippen LogP contribution in [0.2, 0.25) is 0 Å². The van der Waals surface area contributed by atoms with Crippen molar-refractivity contribution in [1.29, 1.82) is 0 Å². The number of carbonyl (C=O) groups excluding carboxylic acids is 1. The fourth-order valence-electron chi connectivity index (χ4n) is 1.75. The van der Waals surface area contributed by atoms with Gasteiger partial charge in [-0.25, -0.2) is 9.61 Å². The number of aryl methyl sites for hydroxylation is 2. The molecule has 0 radical (unpaired) electrons. The van der Waals surface area contributed by atoms with E-state index in [1.54, 1.807) is 0 Å². The van der Waals surface area contributed by atoms with Gasteiger partial charge in [-0.1, -0.05) is 0 Å². The summed E-state index contributed by atoms with van der Waals surface area (Å²) < 4.78 is 4.36. The van der Waals surface area contributed by atoms with Crippen LogP contribution in [0.3, 0.4) is 0 Å². The molecule has 0 spiro atoms. The molecule has 0 aromatic carbocycles. The van der Waals surface area contributed by atoms with E-state index in [0.29, 0.717) is 5.13 Å². The molecule has 0 fully saturated rings. The molecule has 2 aromatic heterocycles. The summed E-state index contributed by atoms with van der Waals surface area (Å²) in [5.74, 6) is -0.470. The lowest BCUT2D eigenvalue weighted by Crippen LogP contribution is -2.14. The molecule has 0 bridgehead atoms. The van der Waals surface area contributed by atoms with Crippen LogP contribution in [-0.2, 0) is 12.8 Å². The Labute approximate surface area is 100.0 Å². The van der Waals surface area contributed by atoms with E-state index < -0.39 is 5.91 Å². The number of anilines is 2. The number of hydrogen-bond donors (Lipinski definition) is 2. The third-order valence-corrected chi connectivity index (χ3v) is 3.62. The van der Waals surface area contributed by atoms with Crippen LogP contribution >= 0.6 is 11.3 Å². The average molecular weight is 251 g/mol. The number of nitrogen functional groups attached to an aromatic ring is 1. The van der Waals surface area contributed by atoms with Crippen molar-refractivity contribution < 1.29 is 9.42 Å². The lowest BCUT2D eigenvalue weighted by atomic mass is 10.4. The Bertz CT molecular complexity index is 554. The van der Waals surface area contributed by atoms with Crippen molar-refractivity contribution in [3.8, 4) is 0 Å². The quantitative estimate of drug-likeness (QED) is 0.819. The van der Waals surface area contributed by atoms with E-state index in [9.17, 15) is 4.79 Å². The highest BCUT2D eigenvalue weighted by molar-refractivity contribution is 7.15. The Hall–Kier alpha value is -1.96. The predicted molar refractivity (Wildman–Crippen MR) is 60.8 cm³/mol. The second-order valence-corrected chi connectivity index (χ2v) is 4.78. The third-order valence-electron chi connectivity index (χ3n) is 2.55. The van der Waals surface area contributed by atoms with E-state index in [1.807, 2.05) is 0 Å². The van der Waals surface area contributed by atoms with Crippen molar-refractivity contribution >= 4 is 28.2 Å². The second-order valence-electron chi connectivity index (χ2n) is 3.69. The van der Waals surface area contributed by atoms with Crippen molar-refractivity contribution in [1.82, 2.24) is 15.3 Å². The normalized spacial score (nSPS) is 13.6. The third kappa shape index (κ3) is 1.76. The van der Waals surface area contributed by atoms with Crippen molar-refractivity contribution in [2.24, 2.45) is 0 Å². The number of nitrogens with zero attached hydrogens (tertiary/aromatic N) is 3. The second kappa shape index (κ2) is 3.81. The Kier molecular flexibility index (Phi) is 2.29. The Morgan fingerprint density at radius 1 is 1.41 bits per heavy atom. The first-order chi connectivity index (χ1) is 8.24. The number of thiazole rings is 1. The molecule has 1 amide bonds. The number of nitrogens with two attached hydrogens (primary N) is 1. The highest BCUT2D eigenvalue weighted by atomic mass is 32.1. The first-order valence-corrected chi connectivity index (χ1v) is 5.93. The van der Waals surface area contributed by atoms with Crippen LogP contribution < -0.4 is 11.1 Å². The highest BCUT2D eigenvalue weighted by Gasteiger charge is 2.20. The van der Waals surface area contributed by atoms with Gasteiger partial charge in [-0.3, -0.25) is 10.1 Å². The maximum absolute atomic E-state index is 11.7. The summed E-state index contributed by atoms with van der Waals surface area (Å²) in [7, 11) is 0. The molecule has 2 aromatic rings. The molecule has 1 aliphatic carbocycles. The molecule has 8 heteroatoms. The lowest BCUT2D eigenvalue weighted by Gasteiger charge is -1.97. The zero-order valence-corrected chi connectivity index (χ0v) is 9.58. The number of rotatable bonds is 2. The van der Waals surface area contributed by atoms with Gasteiger partial charge in [-0.05, 0) is 29.6 Å². The van der Waals surface area contributed by atoms with E-state index in [-0.39, 0.29) is 11.5 Å². The van der Waals surface area contributed by atoms with Crippen LogP contribution in [0, 0.1) is 0 Å². The largest absolute Gasteiger partial charge is 0.379 e. The highest BCUT2D eigenvalue weighted by Crippen LogP contribution is 2.30. The fourth-order valence-corrected chi connectivity index (χ4v) is 2.80. The molecular formula is C9H9N5O2S. The van der Waals surface area contributed by atoms with Crippen LogP contribution in [0.25, 0.3) is 0 Å². The molecule has 7 nitrogen and oxygen atoms in total. The van der Waals surface area contributed by atoms with Crippen molar-refractivity contribution in [3.63, 3.8) is 0 Å². The van der Waals surface area contributed by atoms with Gasteiger partial charge in [-0.2, -0.15) is 0 Å². The first kappa shape index (κ1) is 10.2. The molecule has 17 heavy (non-hydrogen) atoms. The SMILES string of the molecule is Nc1nonc1C(=O)Nc1nc2c(s1)CCC2. The molecule has 3 rings (SSSR count). The van der Waals surface area contributed by atoms with Gasteiger partial charge >= 0.3 is 0 Å². The Balaban J connectivity index is 1.79. The predicted octanol–water partition coefficient (Wildman–Crippen LogP) is 0.849. The molecule has 0 saturated carbocycles. The standard InChI is InChI=1S/C9H9N5O2S/c10-7-6(13-16-14-7)8(15)12-9-11-4-2-1-3-5(4)17-9/h1-3H2,(H2,10,14)(H,11,12,15). The molecule has 0 atom stereocenters. The van der Waals surface area contributed by atoms with Gasteiger partial charge in [0.25, 0.3) is 5.91 Å². The van der Waals surface area contributed by atoms with E-state index in [2.05, 4.69) is 25.2 Å². The molecule has 88 valence electrons. The van der Waals surface area contributed by atoms with Gasteiger partial charge < -0.3 is 5.73 Å². The van der Waals surface area contributed by atoms with Gasteiger partial charge in [0.15, 0.2) is 5.13 Å². The first-order valence-electron chi connectivity index (χ1n) is 5.12. The van der Waals surface area contributed by atoms with E-state index in [0.717, 1.165) is 25.0 Å². The lowest BCUT2D eigenvalue weighted by molar-refractivity contribution is 0.101. The number of fused-ring (bicyclic) bond motifs is 1. The van der Waals surface area contributed by atoms with Crippen LogP contribution in [0.4, 0.5) is 10.9 Å². The van der Waals surface area contributed by atoms with Gasteiger partial charge in [0.1, 0.15) is 0 Å². The summed E-state index contributed by atoms with van der Waals surface area (Å²) >= 11 is 1.49. The number of aromatic nitrogens is 3. The fraction of sp³-hybridized carbons (Fsp3) is 0.333. The summed E-state index contributed by atoms with van der Waals surface area (Å²) in [6.45, 7) is 0. The topological polar surface area (TPSA) is 107 Å². The molecular weight excluding hydrogens is 242 g/mol. The zero-order chi connectivity index (χ0) is 11.8. The summed E-state index contributed by atoms with van der Waals surface area (Å²) in [6.07, 6.45) is 3.16. The molecule has 0 saturated heterocycles. The van der Waals surface area contributed by atoms with Gasteiger partial charge in [-0.15, -0.1) is 11.3 Å². The Morgan fingerprint density at radius 2 is 2.29 bits per heavy atom. The smallest absolute Gasteiger partial charge is 0.283 e. The summed E-state index contributed by atoms with van der Waals surface area (Å²) in [6, 6.07) is 0. The molecule has 3 N–H and O–H groups in total. The molecule has 0 unspecified atom stereocenters. The summed E-state index contributed by atoms with van der Waals surface area (Å²) in [5.41, 5.74) is 6.49. The number of hydrogen-bond acceptors (Lipinski definition) is 7. The zero-order valence-electron chi connectivity index (χ0n) is 8.77. The molecule has 2 heterocycles. The van der Waals surface area contributed by atoms with E-state index >= 15 is 0 Å². The number of nitrogens with one attached hydrogen (secondary N) is 1. The maximum Gasteiger partial charge on any atom is 0.283 e. The minimum atomic E-state index is -0.448. The number of amides is 1. The van der Waals surface area contributed by atoms with Crippen LogP contribution in [0.5, 0.6) is 0 Å². The summed E-state index contributed by atoms with van der Waals surface area (Å²) in [5, 5.41) is 9.98. The monoisotopic (exact) mass is 251 g/mol.